The highest BCUT2D eigenvalue weighted by molar-refractivity contribution is 6.08. The molecular formula is C26H27N3O3. The van der Waals surface area contributed by atoms with Crippen LogP contribution in [0.4, 0.5) is 5.82 Å². The van der Waals surface area contributed by atoms with Crippen molar-refractivity contribution in [3.63, 3.8) is 0 Å². The lowest BCUT2D eigenvalue weighted by molar-refractivity contribution is -0.137. The van der Waals surface area contributed by atoms with Gasteiger partial charge < -0.3 is 15.6 Å². The van der Waals surface area contributed by atoms with Crippen molar-refractivity contribution in [3.8, 4) is 5.75 Å². The molecule has 0 aliphatic rings. The van der Waals surface area contributed by atoms with Crippen LogP contribution in [0.5, 0.6) is 5.75 Å². The van der Waals surface area contributed by atoms with Gasteiger partial charge in [-0.25, -0.2) is 4.98 Å². The Balaban J connectivity index is 1.40. The zero-order valence-electron chi connectivity index (χ0n) is 18.2. The topological polar surface area (TPSA) is 98.3 Å². The van der Waals surface area contributed by atoms with E-state index in [1.165, 1.54) is 5.56 Å². The summed E-state index contributed by atoms with van der Waals surface area (Å²) in [7, 11) is 0. The summed E-state index contributed by atoms with van der Waals surface area (Å²) in [6.07, 6.45) is 5.19. The zero-order valence-corrected chi connectivity index (χ0v) is 18.2. The number of carboxylic acid groups (broad SMARTS) is 1. The van der Waals surface area contributed by atoms with E-state index in [0.29, 0.717) is 18.8 Å². The van der Waals surface area contributed by atoms with Gasteiger partial charge in [0.05, 0.1) is 12.1 Å². The lowest BCUT2D eigenvalue weighted by atomic mass is 10.0. The summed E-state index contributed by atoms with van der Waals surface area (Å²) in [6, 6.07) is 16.5. The first kappa shape index (κ1) is 21.6. The number of nitrogens with two attached hydrogens (primary N) is 1. The summed E-state index contributed by atoms with van der Waals surface area (Å²) in [6.45, 7) is 2.58. The number of nitrogen functional groups attached to an aromatic ring is 1. The van der Waals surface area contributed by atoms with Gasteiger partial charge in [0.2, 0.25) is 0 Å². The Labute approximate surface area is 187 Å². The number of carbonyl (C=O) groups is 1. The van der Waals surface area contributed by atoms with Gasteiger partial charge in [-0.2, -0.15) is 0 Å². The molecule has 0 fully saturated rings. The van der Waals surface area contributed by atoms with Gasteiger partial charge in [0.15, 0.2) is 5.82 Å². The molecule has 0 radical (unpaired) electrons. The molecule has 164 valence electrons. The zero-order chi connectivity index (χ0) is 22.5. The van der Waals surface area contributed by atoms with E-state index in [1.807, 2.05) is 31.3 Å². The van der Waals surface area contributed by atoms with Gasteiger partial charge in [0, 0.05) is 23.4 Å². The maximum Gasteiger partial charge on any atom is 0.303 e. The molecular weight excluding hydrogens is 402 g/mol. The van der Waals surface area contributed by atoms with Crippen LogP contribution < -0.4 is 10.5 Å². The number of fused-ring (bicyclic) bond motifs is 3. The lowest BCUT2D eigenvalue weighted by Crippen LogP contribution is -2.00. The number of carboxylic acids is 1. The highest BCUT2D eigenvalue weighted by atomic mass is 16.5. The van der Waals surface area contributed by atoms with Gasteiger partial charge >= 0.3 is 5.97 Å². The van der Waals surface area contributed by atoms with Crippen molar-refractivity contribution in [2.75, 3.05) is 12.3 Å². The number of benzene rings is 2. The SMILES string of the molecule is Cc1ccc2c(c1)nc(N)c1ncc(CCc3ccc(OCCCCC(=O)O)cc3)cc12. The number of ether oxygens (including phenoxy) is 1. The van der Waals surface area contributed by atoms with Gasteiger partial charge in [-0.1, -0.05) is 24.3 Å². The Morgan fingerprint density at radius 1 is 1.00 bits per heavy atom. The van der Waals surface area contributed by atoms with Gasteiger partial charge in [0.1, 0.15) is 11.3 Å². The van der Waals surface area contributed by atoms with E-state index < -0.39 is 5.97 Å². The minimum absolute atomic E-state index is 0.185. The van der Waals surface area contributed by atoms with E-state index in [1.54, 1.807) is 0 Å². The molecule has 0 aliphatic carbocycles. The Morgan fingerprint density at radius 3 is 2.56 bits per heavy atom. The Morgan fingerprint density at radius 2 is 1.78 bits per heavy atom. The highest BCUT2D eigenvalue weighted by Crippen LogP contribution is 2.28. The van der Waals surface area contributed by atoms with E-state index in [0.717, 1.165) is 57.9 Å². The first-order valence-electron chi connectivity index (χ1n) is 10.9. The van der Waals surface area contributed by atoms with Crippen LogP contribution in [0.2, 0.25) is 0 Å². The van der Waals surface area contributed by atoms with E-state index in [9.17, 15) is 4.79 Å². The molecule has 0 amide bonds. The number of hydrogen-bond donors (Lipinski definition) is 2. The van der Waals surface area contributed by atoms with Crippen LogP contribution in [-0.2, 0) is 17.6 Å². The molecule has 6 heteroatoms. The van der Waals surface area contributed by atoms with Crippen molar-refractivity contribution in [2.24, 2.45) is 0 Å². The highest BCUT2D eigenvalue weighted by Gasteiger charge is 2.09. The molecule has 0 saturated heterocycles. The standard InChI is InChI=1S/C26H27N3O3/c1-17-5-12-21-22-15-19(16-28-25(22)26(27)29-23(21)14-17)7-6-18-8-10-20(11-9-18)32-13-3-2-4-24(30)31/h5,8-12,14-16H,2-4,6-7,13H2,1H3,(H2,27,29)(H,30,31). The van der Waals surface area contributed by atoms with Crippen molar-refractivity contribution in [1.29, 1.82) is 0 Å². The second kappa shape index (κ2) is 9.64. The van der Waals surface area contributed by atoms with Crippen molar-refractivity contribution in [3.05, 3.63) is 71.4 Å². The normalized spacial score (nSPS) is 11.2. The fourth-order valence-corrected chi connectivity index (χ4v) is 3.81. The smallest absolute Gasteiger partial charge is 0.303 e. The molecule has 2 aromatic carbocycles. The van der Waals surface area contributed by atoms with Gasteiger partial charge in [0.25, 0.3) is 0 Å². The molecule has 4 aromatic rings. The number of unbranched alkanes of at least 4 members (excludes halogenated alkanes) is 1. The molecule has 2 heterocycles. The molecule has 0 atom stereocenters. The van der Waals surface area contributed by atoms with Gasteiger partial charge in [-0.05, 0) is 73.6 Å². The summed E-state index contributed by atoms with van der Waals surface area (Å²) < 4.78 is 5.69. The van der Waals surface area contributed by atoms with E-state index >= 15 is 0 Å². The summed E-state index contributed by atoms with van der Waals surface area (Å²) >= 11 is 0. The monoisotopic (exact) mass is 429 g/mol. The Hall–Kier alpha value is -3.67. The minimum atomic E-state index is -0.764. The average molecular weight is 430 g/mol. The second-order valence-electron chi connectivity index (χ2n) is 8.10. The molecule has 32 heavy (non-hydrogen) atoms. The van der Waals surface area contributed by atoms with Gasteiger partial charge in [-0.15, -0.1) is 0 Å². The van der Waals surface area contributed by atoms with Crippen molar-refractivity contribution < 1.29 is 14.6 Å². The molecule has 0 bridgehead atoms. The molecule has 3 N–H and O–H groups in total. The van der Waals surface area contributed by atoms with Crippen LogP contribution >= 0.6 is 0 Å². The number of hydrogen-bond acceptors (Lipinski definition) is 5. The van der Waals surface area contributed by atoms with Crippen molar-refractivity contribution in [1.82, 2.24) is 9.97 Å². The Kier molecular flexibility index (Phi) is 6.50. The third-order valence-electron chi connectivity index (χ3n) is 5.55. The summed E-state index contributed by atoms with van der Waals surface area (Å²) in [4.78, 5) is 19.6. The third-order valence-corrected chi connectivity index (χ3v) is 5.55. The van der Waals surface area contributed by atoms with Crippen molar-refractivity contribution >= 4 is 33.6 Å². The number of aromatic nitrogens is 2. The number of rotatable bonds is 9. The number of aliphatic carboxylic acids is 1. The largest absolute Gasteiger partial charge is 0.494 e. The van der Waals surface area contributed by atoms with Crippen LogP contribution in [0.25, 0.3) is 21.8 Å². The average Bonchev–Trinajstić information content (AvgIpc) is 2.78. The maximum atomic E-state index is 10.5. The molecule has 2 aromatic heterocycles. The number of pyridine rings is 2. The van der Waals surface area contributed by atoms with Crippen LogP contribution in [-0.4, -0.2) is 27.7 Å². The molecule has 0 saturated carbocycles. The second-order valence-corrected chi connectivity index (χ2v) is 8.10. The number of nitrogens with zero attached hydrogens (tertiary/aromatic N) is 2. The predicted molar refractivity (Wildman–Crippen MR) is 127 cm³/mol. The van der Waals surface area contributed by atoms with Crippen LogP contribution in [0.3, 0.4) is 0 Å². The molecule has 0 aliphatic heterocycles. The summed E-state index contributed by atoms with van der Waals surface area (Å²) in [5, 5.41) is 10.8. The first-order valence-corrected chi connectivity index (χ1v) is 10.9. The van der Waals surface area contributed by atoms with Gasteiger partial charge in [-0.3, -0.25) is 9.78 Å². The van der Waals surface area contributed by atoms with Crippen LogP contribution in [0.1, 0.15) is 36.0 Å². The molecule has 6 nitrogen and oxygen atoms in total. The lowest BCUT2D eigenvalue weighted by Gasteiger charge is -2.09. The Bertz CT molecular complexity index is 1250. The summed E-state index contributed by atoms with van der Waals surface area (Å²) in [5.41, 5.74) is 11.3. The predicted octanol–water partition coefficient (Wildman–Crippen LogP) is 5.09. The number of aryl methyl sites for hydroxylation is 3. The number of anilines is 1. The fraction of sp³-hybridized carbons (Fsp3) is 0.269. The first-order chi connectivity index (χ1) is 15.5. The van der Waals surface area contributed by atoms with Crippen molar-refractivity contribution in [2.45, 2.75) is 39.0 Å². The van der Waals surface area contributed by atoms with E-state index in [4.69, 9.17) is 15.6 Å². The van der Waals surface area contributed by atoms with E-state index in [2.05, 4.69) is 40.3 Å². The summed E-state index contributed by atoms with van der Waals surface area (Å²) in [5.74, 6) is 0.503. The molecule has 0 spiro atoms. The minimum Gasteiger partial charge on any atom is -0.494 e. The maximum absolute atomic E-state index is 10.5. The van der Waals surface area contributed by atoms with Crippen LogP contribution in [0.15, 0.2) is 54.7 Å². The molecule has 4 rings (SSSR count). The molecule has 0 unspecified atom stereocenters. The van der Waals surface area contributed by atoms with Crippen LogP contribution in [0, 0.1) is 6.92 Å². The third kappa shape index (κ3) is 5.14. The fourth-order valence-electron chi connectivity index (χ4n) is 3.81. The quantitative estimate of drug-likeness (QED) is 0.284. The van der Waals surface area contributed by atoms with E-state index in [-0.39, 0.29) is 6.42 Å².